The molecule has 3 N–H and O–H groups in total. The number of esters is 1. The number of nitrogens with one attached hydrogen (secondary N) is 1. The lowest BCUT2D eigenvalue weighted by atomic mass is 10.2. The molecule has 1 heterocycles. The molecular formula is C16H14N2O4S. The lowest BCUT2D eigenvalue weighted by Crippen LogP contribution is -2.37. The van der Waals surface area contributed by atoms with Crippen LogP contribution in [-0.2, 0) is 14.3 Å². The number of thiophene rings is 1. The molecule has 1 aromatic carbocycles. The second-order valence-electron chi connectivity index (χ2n) is 4.42. The number of nitrogens with two attached hydrogens (primary N) is 1. The molecule has 0 aliphatic heterocycles. The van der Waals surface area contributed by atoms with Crippen molar-refractivity contribution in [2.75, 3.05) is 6.61 Å². The van der Waals surface area contributed by atoms with Crippen molar-refractivity contribution in [1.82, 2.24) is 5.32 Å². The van der Waals surface area contributed by atoms with E-state index in [9.17, 15) is 14.4 Å². The monoisotopic (exact) mass is 330 g/mol. The summed E-state index contributed by atoms with van der Waals surface area (Å²) >= 11 is 1.53. The fraction of sp³-hybridized carbons (Fsp3) is 0.0625. The summed E-state index contributed by atoms with van der Waals surface area (Å²) in [5.74, 6) is -1.46. The maximum atomic E-state index is 11.5. The van der Waals surface area contributed by atoms with E-state index in [1.165, 1.54) is 17.4 Å². The summed E-state index contributed by atoms with van der Waals surface area (Å²) in [6.07, 6.45) is 2.82. The average molecular weight is 330 g/mol. The molecule has 23 heavy (non-hydrogen) atoms. The highest BCUT2D eigenvalue weighted by Crippen LogP contribution is 2.28. The lowest BCUT2D eigenvalue weighted by Gasteiger charge is -2.00. The number of amides is 3. The van der Waals surface area contributed by atoms with E-state index in [-0.39, 0.29) is 0 Å². The predicted molar refractivity (Wildman–Crippen MR) is 87.5 cm³/mol. The third-order valence-corrected chi connectivity index (χ3v) is 3.78. The van der Waals surface area contributed by atoms with Crippen molar-refractivity contribution >= 4 is 35.3 Å². The number of urea groups is 1. The van der Waals surface area contributed by atoms with Crippen molar-refractivity contribution in [3.63, 3.8) is 0 Å². The van der Waals surface area contributed by atoms with Crippen LogP contribution in [0.5, 0.6) is 0 Å². The van der Waals surface area contributed by atoms with Crippen LogP contribution in [0.4, 0.5) is 4.79 Å². The summed E-state index contributed by atoms with van der Waals surface area (Å²) < 4.78 is 4.68. The van der Waals surface area contributed by atoms with Crippen molar-refractivity contribution in [3.8, 4) is 10.4 Å². The average Bonchev–Trinajstić information content (AvgIpc) is 3.00. The molecule has 118 valence electrons. The summed E-state index contributed by atoms with van der Waals surface area (Å²) in [5.41, 5.74) is 5.86. The molecule has 0 bridgehead atoms. The molecule has 0 spiro atoms. The lowest BCUT2D eigenvalue weighted by molar-refractivity contribution is -0.143. The molecule has 7 heteroatoms. The molecule has 6 nitrogen and oxygen atoms in total. The van der Waals surface area contributed by atoms with Gasteiger partial charge in [0.15, 0.2) is 6.61 Å². The maximum absolute atomic E-state index is 11.5. The van der Waals surface area contributed by atoms with Gasteiger partial charge in [0.2, 0.25) is 0 Å². The van der Waals surface area contributed by atoms with Gasteiger partial charge in [-0.05, 0) is 23.8 Å². The largest absolute Gasteiger partial charge is 0.452 e. The molecule has 0 unspecified atom stereocenters. The van der Waals surface area contributed by atoms with E-state index in [0.717, 1.165) is 15.3 Å². The van der Waals surface area contributed by atoms with E-state index in [1.54, 1.807) is 11.4 Å². The normalized spacial score (nSPS) is 10.4. The van der Waals surface area contributed by atoms with E-state index in [4.69, 9.17) is 5.73 Å². The minimum atomic E-state index is -0.992. The molecule has 0 radical (unpaired) electrons. The van der Waals surface area contributed by atoms with Gasteiger partial charge in [-0.25, -0.2) is 9.59 Å². The van der Waals surface area contributed by atoms with Gasteiger partial charge in [-0.3, -0.25) is 10.1 Å². The Morgan fingerprint density at radius 2 is 1.87 bits per heavy atom. The molecule has 0 saturated carbocycles. The third kappa shape index (κ3) is 5.40. The molecule has 0 aliphatic rings. The van der Waals surface area contributed by atoms with E-state index in [1.807, 2.05) is 42.5 Å². The molecule has 2 rings (SSSR count). The minimum Gasteiger partial charge on any atom is -0.452 e. The molecule has 0 fully saturated rings. The van der Waals surface area contributed by atoms with Gasteiger partial charge in [0.25, 0.3) is 5.91 Å². The van der Waals surface area contributed by atoms with Gasteiger partial charge >= 0.3 is 12.0 Å². The van der Waals surface area contributed by atoms with Gasteiger partial charge in [-0.2, -0.15) is 0 Å². The first-order chi connectivity index (χ1) is 11.0. The van der Waals surface area contributed by atoms with Crippen molar-refractivity contribution in [2.45, 2.75) is 0 Å². The fourth-order valence-electron chi connectivity index (χ4n) is 1.71. The molecule has 0 saturated heterocycles. The van der Waals surface area contributed by atoms with Crippen LogP contribution in [0.3, 0.4) is 0 Å². The Morgan fingerprint density at radius 1 is 1.13 bits per heavy atom. The van der Waals surface area contributed by atoms with Crippen LogP contribution in [0.25, 0.3) is 16.5 Å². The van der Waals surface area contributed by atoms with Crippen LogP contribution in [0.2, 0.25) is 0 Å². The summed E-state index contributed by atoms with van der Waals surface area (Å²) in [4.78, 5) is 34.9. The Balaban J connectivity index is 1.88. The van der Waals surface area contributed by atoms with Crippen molar-refractivity contribution in [2.24, 2.45) is 5.73 Å². The summed E-state index contributed by atoms with van der Waals surface area (Å²) in [5, 5.41) is 1.79. The van der Waals surface area contributed by atoms with Gasteiger partial charge in [-0.1, -0.05) is 30.3 Å². The maximum Gasteiger partial charge on any atom is 0.331 e. The quantitative estimate of drug-likeness (QED) is 0.648. The second kappa shape index (κ2) is 7.90. The van der Waals surface area contributed by atoms with Crippen molar-refractivity contribution in [3.05, 3.63) is 53.4 Å². The van der Waals surface area contributed by atoms with E-state index in [0.29, 0.717) is 0 Å². The summed E-state index contributed by atoms with van der Waals surface area (Å²) in [6.45, 7) is -0.564. The van der Waals surface area contributed by atoms with Gasteiger partial charge in [0, 0.05) is 15.8 Å². The van der Waals surface area contributed by atoms with E-state index in [2.05, 4.69) is 4.74 Å². The second-order valence-corrected chi connectivity index (χ2v) is 5.54. The zero-order valence-corrected chi connectivity index (χ0v) is 12.8. The Bertz CT molecular complexity index is 738. The number of hydrogen-bond donors (Lipinski definition) is 2. The van der Waals surface area contributed by atoms with Crippen LogP contribution in [0.15, 0.2) is 48.5 Å². The van der Waals surface area contributed by atoms with Crippen LogP contribution in [-0.4, -0.2) is 24.5 Å². The van der Waals surface area contributed by atoms with Gasteiger partial charge < -0.3 is 10.5 Å². The number of benzene rings is 1. The number of primary amides is 1. The number of rotatable bonds is 5. The molecular weight excluding hydrogens is 316 g/mol. The molecule has 2 aromatic rings. The van der Waals surface area contributed by atoms with Gasteiger partial charge in [0.1, 0.15) is 0 Å². The Kier molecular flexibility index (Phi) is 5.65. The molecule has 3 amide bonds. The zero-order chi connectivity index (χ0) is 16.7. The number of carbonyl (C=O) groups excluding carboxylic acids is 3. The SMILES string of the molecule is NC(=O)NC(=O)COC(=O)/C=C/c1ccc(-c2ccccc2)s1. The van der Waals surface area contributed by atoms with Gasteiger partial charge in [0.05, 0.1) is 0 Å². The minimum absolute atomic E-state index is 0.564. The highest BCUT2D eigenvalue weighted by Gasteiger charge is 2.07. The highest BCUT2D eigenvalue weighted by atomic mass is 32.1. The Hall–Kier alpha value is -2.93. The Labute approximate surface area is 136 Å². The summed E-state index contributed by atoms with van der Waals surface area (Å²) in [7, 11) is 0. The van der Waals surface area contributed by atoms with Crippen LogP contribution >= 0.6 is 11.3 Å². The predicted octanol–water partition coefficient (Wildman–Crippen LogP) is 2.17. The molecule has 0 aliphatic carbocycles. The first-order valence-corrected chi connectivity index (χ1v) is 7.45. The molecule has 1 aromatic heterocycles. The van der Waals surface area contributed by atoms with Gasteiger partial charge in [-0.15, -0.1) is 11.3 Å². The smallest absolute Gasteiger partial charge is 0.331 e. The standard InChI is InChI=1S/C16H14N2O4S/c17-16(21)18-14(19)10-22-15(20)9-7-12-6-8-13(23-12)11-4-2-1-3-5-11/h1-9H,10H2,(H3,17,18,19,21)/b9-7+. The first-order valence-electron chi connectivity index (χ1n) is 6.64. The number of imide groups is 1. The fourth-order valence-corrected chi connectivity index (χ4v) is 2.62. The van der Waals surface area contributed by atoms with Crippen molar-refractivity contribution < 1.29 is 19.1 Å². The third-order valence-electron chi connectivity index (χ3n) is 2.68. The zero-order valence-electron chi connectivity index (χ0n) is 12.0. The first kappa shape index (κ1) is 16.4. The summed E-state index contributed by atoms with van der Waals surface area (Å²) in [6, 6.07) is 12.7. The van der Waals surface area contributed by atoms with Crippen LogP contribution in [0.1, 0.15) is 4.88 Å². The topological polar surface area (TPSA) is 98.5 Å². The number of ether oxygens (including phenoxy) is 1. The molecule has 0 atom stereocenters. The van der Waals surface area contributed by atoms with E-state index >= 15 is 0 Å². The van der Waals surface area contributed by atoms with Crippen molar-refractivity contribution in [1.29, 1.82) is 0 Å². The van der Waals surface area contributed by atoms with Crippen LogP contribution < -0.4 is 11.1 Å². The van der Waals surface area contributed by atoms with Crippen LogP contribution in [0, 0.1) is 0 Å². The highest BCUT2D eigenvalue weighted by molar-refractivity contribution is 7.16. The number of hydrogen-bond acceptors (Lipinski definition) is 5. The number of carbonyl (C=O) groups is 3. The van der Waals surface area contributed by atoms with E-state index < -0.39 is 24.5 Å². The Morgan fingerprint density at radius 3 is 2.57 bits per heavy atom.